The molecule has 60 heavy (non-hydrogen) atoms. The van der Waals surface area contributed by atoms with Gasteiger partial charge in [-0.15, -0.1) is 0 Å². The van der Waals surface area contributed by atoms with Crippen molar-refractivity contribution in [3.63, 3.8) is 0 Å². The molecule has 0 atom stereocenters. The predicted octanol–water partition coefficient (Wildman–Crippen LogP) is 13.4. The quantitative estimate of drug-likeness (QED) is 0.147. The molecule has 0 N–H and O–H groups in total. The first-order valence-electron chi connectivity index (χ1n) is 22.6. The fraction of sp³-hybridized carbons (Fsp3) is 0.577. The van der Waals surface area contributed by atoms with Crippen LogP contribution in [0.5, 0.6) is 0 Å². The molecule has 6 nitrogen and oxygen atoms in total. The molecule has 4 aromatic carbocycles. The molecule has 0 bridgehead atoms. The van der Waals surface area contributed by atoms with E-state index in [1.165, 1.54) is 44.9 Å². The number of para-hydroxylation sites is 4. The van der Waals surface area contributed by atoms with E-state index in [0.29, 0.717) is 0 Å². The molecule has 2 heterocycles. The molecule has 0 aromatic heterocycles. The first-order chi connectivity index (χ1) is 27.5. The molecule has 0 unspecified atom stereocenters. The minimum absolute atomic E-state index is 0.0436. The van der Waals surface area contributed by atoms with Crippen molar-refractivity contribution in [3.05, 3.63) is 84.9 Å². The number of anilines is 6. The molecule has 2 radical (unpaired) electrons. The van der Waals surface area contributed by atoms with Crippen LogP contribution >= 0.6 is 0 Å². The van der Waals surface area contributed by atoms with Crippen LogP contribution < -0.4 is 27.4 Å². The van der Waals surface area contributed by atoms with E-state index in [2.05, 4.69) is 237 Å². The number of fused-ring (bicyclic) bond motifs is 3. The SMILES string of the molecule is CC(C)(C)CN1c2ccccc2N(CC(C)(C)C)[Si]1N(CC(C)(C)C)c1cccc2cccc(N(CC(C)(C)C)[Si]3N(CC(C)(C)C)c4ccccc4N3CC(C)(C)C)c12. The van der Waals surface area contributed by atoms with E-state index in [9.17, 15) is 0 Å². The van der Waals surface area contributed by atoms with E-state index in [0.717, 1.165) is 39.3 Å². The largest absolute Gasteiger partial charge is 0.435 e. The van der Waals surface area contributed by atoms with E-state index >= 15 is 0 Å². The van der Waals surface area contributed by atoms with Gasteiger partial charge in [0.25, 0.3) is 0 Å². The number of nitrogens with zero attached hydrogens (tertiary/aromatic N) is 6. The summed E-state index contributed by atoms with van der Waals surface area (Å²) < 4.78 is 17.2. The highest BCUT2D eigenvalue weighted by molar-refractivity contribution is 6.75. The van der Waals surface area contributed by atoms with E-state index in [1.54, 1.807) is 0 Å². The number of hydrogen-bond donors (Lipinski definition) is 0. The minimum Gasteiger partial charge on any atom is -0.362 e. The molecule has 6 rings (SSSR count). The van der Waals surface area contributed by atoms with Crippen LogP contribution in [-0.2, 0) is 0 Å². The summed E-state index contributed by atoms with van der Waals surface area (Å²) in [6.45, 7) is 49.3. The van der Waals surface area contributed by atoms with Crippen molar-refractivity contribution >= 4 is 63.5 Å². The molecular weight excluding hydrogens is 765 g/mol. The Morgan fingerprint density at radius 2 is 0.617 bits per heavy atom. The maximum Gasteiger partial charge on any atom is 0.435 e. The molecule has 4 aromatic rings. The van der Waals surface area contributed by atoms with Gasteiger partial charge in [0, 0.05) is 56.0 Å². The van der Waals surface area contributed by atoms with Gasteiger partial charge in [-0.2, -0.15) is 0 Å². The number of benzene rings is 4. The van der Waals surface area contributed by atoms with Crippen molar-refractivity contribution in [2.24, 2.45) is 32.5 Å². The topological polar surface area (TPSA) is 19.4 Å². The molecular formula is C52H80N6Si2. The molecule has 0 fully saturated rings. The molecule has 0 saturated heterocycles. The maximum absolute atomic E-state index is 2.91. The fourth-order valence-corrected chi connectivity index (χ4v) is 16.8. The second-order valence-corrected chi connectivity index (χ2v) is 29.5. The third-order valence-electron chi connectivity index (χ3n) is 10.6. The minimum atomic E-state index is -1.56. The van der Waals surface area contributed by atoms with Gasteiger partial charge in [0.15, 0.2) is 0 Å². The van der Waals surface area contributed by atoms with Crippen LogP contribution in [0.1, 0.15) is 125 Å². The van der Waals surface area contributed by atoms with Gasteiger partial charge in [0.05, 0.1) is 22.7 Å². The summed E-state index contributed by atoms with van der Waals surface area (Å²) in [5.74, 6) is 0. The summed E-state index contributed by atoms with van der Waals surface area (Å²) in [6, 6.07) is 32.9. The average molecular weight is 845 g/mol. The second-order valence-electron chi connectivity index (χ2n) is 25.1. The molecule has 2 aliphatic rings. The van der Waals surface area contributed by atoms with E-state index in [4.69, 9.17) is 0 Å². The summed E-state index contributed by atoms with van der Waals surface area (Å²) in [4.78, 5) is 0. The Balaban J connectivity index is 1.67. The summed E-state index contributed by atoms with van der Waals surface area (Å²) >= 11 is 0. The van der Waals surface area contributed by atoms with Gasteiger partial charge in [0.2, 0.25) is 0 Å². The lowest BCUT2D eigenvalue weighted by Gasteiger charge is -2.46. The van der Waals surface area contributed by atoms with Gasteiger partial charge in [-0.1, -0.05) is 173 Å². The Bertz CT molecular complexity index is 1870. The van der Waals surface area contributed by atoms with Gasteiger partial charge in [-0.05, 0) is 74.3 Å². The van der Waals surface area contributed by atoms with Crippen molar-refractivity contribution in [1.82, 2.24) is 0 Å². The van der Waals surface area contributed by atoms with Crippen molar-refractivity contribution in [2.45, 2.75) is 125 Å². The zero-order chi connectivity index (χ0) is 44.4. The summed E-state index contributed by atoms with van der Waals surface area (Å²) in [5.41, 5.74) is 8.75. The van der Waals surface area contributed by atoms with Gasteiger partial charge in [-0.25, -0.2) is 0 Å². The van der Waals surface area contributed by atoms with E-state index < -0.39 is 18.6 Å². The van der Waals surface area contributed by atoms with Crippen LogP contribution in [0.2, 0.25) is 0 Å². The third kappa shape index (κ3) is 10.7. The summed E-state index contributed by atoms with van der Waals surface area (Å²) in [6.07, 6.45) is 0. The molecule has 0 spiro atoms. The second kappa shape index (κ2) is 16.2. The Labute approximate surface area is 370 Å². The van der Waals surface area contributed by atoms with Gasteiger partial charge in [0.1, 0.15) is 0 Å². The highest BCUT2D eigenvalue weighted by Crippen LogP contribution is 2.48. The number of rotatable bonds is 10. The van der Waals surface area contributed by atoms with Crippen LogP contribution in [0.3, 0.4) is 0 Å². The lowest BCUT2D eigenvalue weighted by Crippen LogP contribution is -2.65. The Morgan fingerprint density at radius 3 is 0.850 bits per heavy atom. The van der Waals surface area contributed by atoms with Crippen LogP contribution in [-0.4, -0.2) is 57.8 Å². The Kier molecular flexibility index (Phi) is 12.4. The zero-order valence-corrected chi connectivity index (χ0v) is 43.0. The van der Waals surface area contributed by atoms with E-state index in [1.807, 2.05) is 0 Å². The van der Waals surface area contributed by atoms with E-state index in [-0.39, 0.29) is 32.5 Å². The number of hydrogen-bond acceptors (Lipinski definition) is 6. The van der Waals surface area contributed by atoms with Crippen LogP contribution in [0.15, 0.2) is 84.9 Å². The Hall–Kier alpha value is -3.63. The summed E-state index contributed by atoms with van der Waals surface area (Å²) in [7, 11) is -3.13. The van der Waals surface area contributed by atoms with Crippen LogP contribution in [0, 0.1) is 32.5 Å². The normalized spacial score (nSPS) is 16.0. The highest BCUT2D eigenvalue weighted by Gasteiger charge is 2.50. The first kappa shape index (κ1) is 45.9. The van der Waals surface area contributed by atoms with Gasteiger partial charge >= 0.3 is 18.6 Å². The standard InChI is InChI=1S/C52H80N6Si2/c1-47(2,3)33-53-40-27-19-20-28-41(40)54(34-48(4,5)6)59(53)57(37-51(13,14)15)44-31-23-25-39-26-24-32-45(46(39)44)58(38-52(16,17)18)60-55(35-49(7,8)9)42-29-21-22-30-43(42)56(60)36-50(10,11)12/h19-32H,33-38H2,1-18H3. The molecule has 0 amide bonds. The first-order valence-corrected chi connectivity index (χ1v) is 25.3. The van der Waals surface area contributed by atoms with Crippen molar-refractivity contribution < 1.29 is 0 Å². The monoisotopic (exact) mass is 845 g/mol. The van der Waals surface area contributed by atoms with Crippen LogP contribution in [0.4, 0.5) is 34.1 Å². The lowest BCUT2D eigenvalue weighted by molar-refractivity contribution is 0.414. The van der Waals surface area contributed by atoms with Crippen molar-refractivity contribution in [1.29, 1.82) is 0 Å². The molecule has 8 heteroatoms. The van der Waals surface area contributed by atoms with Crippen LogP contribution in [0.25, 0.3) is 10.8 Å². The van der Waals surface area contributed by atoms with Crippen molar-refractivity contribution in [2.75, 3.05) is 66.7 Å². The molecule has 0 saturated carbocycles. The average Bonchev–Trinajstić information content (AvgIpc) is 3.52. The molecule has 326 valence electrons. The fourth-order valence-electron chi connectivity index (χ4n) is 8.89. The lowest BCUT2D eigenvalue weighted by atomic mass is 9.95. The predicted molar refractivity (Wildman–Crippen MR) is 269 cm³/mol. The Morgan fingerprint density at radius 1 is 0.350 bits per heavy atom. The zero-order valence-electron chi connectivity index (χ0n) is 41.0. The molecule has 0 aliphatic carbocycles. The van der Waals surface area contributed by atoms with Gasteiger partial charge < -0.3 is 27.4 Å². The third-order valence-corrected chi connectivity index (χ3v) is 15.9. The smallest absolute Gasteiger partial charge is 0.362 e. The summed E-state index contributed by atoms with van der Waals surface area (Å²) in [5, 5.41) is 2.70. The maximum atomic E-state index is 2.91. The van der Waals surface area contributed by atoms with Crippen molar-refractivity contribution in [3.8, 4) is 0 Å². The van der Waals surface area contributed by atoms with Gasteiger partial charge in [-0.3, -0.25) is 0 Å². The highest BCUT2D eigenvalue weighted by atomic mass is 28.3. The molecule has 2 aliphatic heterocycles.